The van der Waals surface area contributed by atoms with Crippen LogP contribution in [0.1, 0.15) is 90.9 Å². The van der Waals surface area contributed by atoms with Gasteiger partial charge in [0.2, 0.25) is 0 Å². The number of hydrogen-bond acceptors (Lipinski definition) is 2. The predicted octanol–water partition coefficient (Wildman–Crippen LogP) is 5.45. The number of unbranched alkanes of at least 4 members (excludes halogenated alkanes) is 7. The molecule has 0 aromatic carbocycles. The molecule has 0 aromatic rings. The van der Waals surface area contributed by atoms with Crippen molar-refractivity contribution in [2.75, 3.05) is 13.2 Å². The molecule has 0 bridgehead atoms. The van der Waals surface area contributed by atoms with Crippen molar-refractivity contribution in [2.45, 2.75) is 96.7 Å². The molecule has 0 saturated carbocycles. The molecule has 0 aliphatic carbocycles. The topological polar surface area (TPSA) is 18.5 Å². The van der Waals surface area contributed by atoms with Gasteiger partial charge in [0.1, 0.15) is 0 Å². The molecular weight excluding hydrogens is 236 g/mol. The Hall–Kier alpha value is -0.0800. The van der Waals surface area contributed by atoms with Crippen molar-refractivity contribution >= 4 is 0 Å². The van der Waals surface area contributed by atoms with E-state index < -0.39 is 0 Å². The third-order valence-corrected chi connectivity index (χ3v) is 4.06. The Morgan fingerprint density at radius 1 is 0.684 bits per heavy atom. The van der Waals surface area contributed by atoms with Gasteiger partial charge in [0.25, 0.3) is 0 Å². The molecule has 1 saturated heterocycles. The lowest BCUT2D eigenvalue weighted by atomic mass is 10.00. The molecular formula is C17H34O2. The first-order valence-electron chi connectivity index (χ1n) is 8.61. The lowest BCUT2D eigenvalue weighted by Crippen LogP contribution is -2.40. The van der Waals surface area contributed by atoms with Gasteiger partial charge in [0, 0.05) is 12.8 Å². The average molecular weight is 270 g/mol. The SMILES string of the molecule is CCCCCCCCCCC1(CCC)OCCCO1. The van der Waals surface area contributed by atoms with Crippen LogP contribution >= 0.6 is 0 Å². The van der Waals surface area contributed by atoms with Gasteiger partial charge < -0.3 is 9.47 Å². The molecule has 1 rings (SSSR count). The Labute approximate surface area is 120 Å². The Morgan fingerprint density at radius 2 is 1.26 bits per heavy atom. The average Bonchev–Trinajstić information content (AvgIpc) is 2.43. The minimum atomic E-state index is -0.227. The van der Waals surface area contributed by atoms with Crippen LogP contribution in [0.4, 0.5) is 0 Å². The van der Waals surface area contributed by atoms with E-state index in [1.165, 1.54) is 51.4 Å². The summed E-state index contributed by atoms with van der Waals surface area (Å²) in [5, 5.41) is 0. The summed E-state index contributed by atoms with van der Waals surface area (Å²) in [6.45, 7) is 6.27. The second kappa shape index (κ2) is 10.7. The molecule has 2 nitrogen and oxygen atoms in total. The molecule has 1 fully saturated rings. The van der Waals surface area contributed by atoms with Gasteiger partial charge in [-0.05, 0) is 12.8 Å². The van der Waals surface area contributed by atoms with Gasteiger partial charge in [-0.2, -0.15) is 0 Å². The van der Waals surface area contributed by atoms with Crippen LogP contribution < -0.4 is 0 Å². The highest BCUT2D eigenvalue weighted by Gasteiger charge is 2.32. The molecule has 1 aliphatic rings. The third kappa shape index (κ3) is 7.31. The first-order valence-corrected chi connectivity index (χ1v) is 8.61. The van der Waals surface area contributed by atoms with Crippen LogP contribution in [-0.4, -0.2) is 19.0 Å². The van der Waals surface area contributed by atoms with Crippen LogP contribution in [0.3, 0.4) is 0 Å². The normalized spacial score (nSPS) is 18.6. The van der Waals surface area contributed by atoms with E-state index in [0.717, 1.165) is 38.9 Å². The molecule has 0 amide bonds. The van der Waals surface area contributed by atoms with E-state index in [4.69, 9.17) is 9.47 Å². The Kier molecular flexibility index (Phi) is 9.54. The summed E-state index contributed by atoms with van der Waals surface area (Å²) in [6.07, 6.45) is 15.3. The zero-order valence-corrected chi connectivity index (χ0v) is 13.2. The standard InChI is InChI=1S/C17H34O2/c1-3-5-6-7-8-9-10-11-14-17(13-4-2)18-15-12-16-19-17/h3-16H2,1-2H3. The fourth-order valence-corrected chi connectivity index (χ4v) is 2.94. The van der Waals surface area contributed by atoms with Crippen LogP contribution in [0.25, 0.3) is 0 Å². The molecule has 19 heavy (non-hydrogen) atoms. The molecule has 2 heteroatoms. The second-order valence-electron chi connectivity index (χ2n) is 5.94. The zero-order chi connectivity index (χ0) is 13.8. The van der Waals surface area contributed by atoms with Crippen LogP contribution in [0, 0.1) is 0 Å². The first-order chi connectivity index (χ1) is 9.33. The van der Waals surface area contributed by atoms with Crippen molar-refractivity contribution in [3.8, 4) is 0 Å². The molecule has 0 unspecified atom stereocenters. The molecule has 0 radical (unpaired) electrons. The van der Waals surface area contributed by atoms with Crippen molar-refractivity contribution in [1.82, 2.24) is 0 Å². The Balaban J connectivity index is 2.05. The molecule has 1 aliphatic heterocycles. The van der Waals surface area contributed by atoms with Crippen LogP contribution in [0.15, 0.2) is 0 Å². The van der Waals surface area contributed by atoms with Crippen molar-refractivity contribution in [2.24, 2.45) is 0 Å². The van der Waals surface area contributed by atoms with Crippen molar-refractivity contribution in [3.63, 3.8) is 0 Å². The lowest BCUT2D eigenvalue weighted by molar-refractivity contribution is -0.274. The number of ether oxygens (including phenoxy) is 2. The van der Waals surface area contributed by atoms with Gasteiger partial charge >= 0.3 is 0 Å². The fourth-order valence-electron chi connectivity index (χ4n) is 2.94. The summed E-state index contributed by atoms with van der Waals surface area (Å²) in [4.78, 5) is 0. The zero-order valence-electron chi connectivity index (χ0n) is 13.2. The predicted molar refractivity (Wildman–Crippen MR) is 81.4 cm³/mol. The monoisotopic (exact) mass is 270 g/mol. The fraction of sp³-hybridized carbons (Fsp3) is 1.00. The maximum absolute atomic E-state index is 5.94. The van der Waals surface area contributed by atoms with E-state index in [-0.39, 0.29) is 5.79 Å². The molecule has 0 spiro atoms. The first kappa shape index (κ1) is 17.0. The summed E-state index contributed by atoms with van der Waals surface area (Å²) in [7, 11) is 0. The maximum atomic E-state index is 5.94. The summed E-state index contributed by atoms with van der Waals surface area (Å²) < 4.78 is 11.9. The van der Waals surface area contributed by atoms with E-state index in [9.17, 15) is 0 Å². The van der Waals surface area contributed by atoms with Crippen molar-refractivity contribution in [3.05, 3.63) is 0 Å². The second-order valence-corrected chi connectivity index (χ2v) is 5.94. The maximum Gasteiger partial charge on any atom is 0.168 e. The molecule has 0 N–H and O–H groups in total. The Bertz CT molecular complexity index is 192. The minimum absolute atomic E-state index is 0.227. The van der Waals surface area contributed by atoms with E-state index in [2.05, 4.69) is 13.8 Å². The van der Waals surface area contributed by atoms with Crippen molar-refractivity contribution < 1.29 is 9.47 Å². The van der Waals surface area contributed by atoms with Crippen LogP contribution in [0.2, 0.25) is 0 Å². The largest absolute Gasteiger partial charge is 0.350 e. The van der Waals surface area contributed by atoms with E-state index >= 15 is 0 Å². The minimum Gasteiger partial charge on any atom is -0.350 e. The number of hydrogen-bond donors (Lipinski definition) is 0. The smallest absolute Gasteiger partial charge is 0.168 e. The van der Waals surface area contributed by atoms with E-state index in [0.29, 0.717) is 0 Å². The van der Waals surface area contributed by atoms with Gasteiger partial charge in [-0.3, -0.25) is 0 Å². The number of rotatable bonds is 11. The van der Waals surface area contributed by atoms with Crippen molar-refractivity contribution in [1.29, 1.82) is 0 Å². The summed E-state index contributed by atoms with van der Waals surface area (Å²) >= 11 is 0. The molecule has 0 aromatic heterocycles. The van der Waals surface area contributed by atoms with E-state index in [1.807, 2.05) is 0 Å². The summed E-state index contributed by atoms with van der Waals surface area (Å²) in [5.41, 5.74) is 0. The van der Waals surface area contributed by atoms with Gasteiger partial charge in [-0.15, -0.1) is 0 Å². The molecule has 114 valence electrons. The highest BCUT2D eigenvalue weighted by atomic mass is 16.7. The van der Waals surface area contributed by atoms with Gasteiger partial charge in [0.15, 0.2) is 5.79 Å². The highest BCUT2D eigenvalue weighted by Crippen LogP contribution is 2.30. The lowest BCUT2D eigenvalue weighted by Gasteiger charge is -2.37. The van der Waals surface area contributed by atoms with Gasteiger partial charge in [0.05, 0.1) is 13.2 Å². The molecule has 0 atom stereocenters. The van der Waals surface area contributed by atoms with Gasteiger partial charge in [-0.1, -0.05) is 65.2 Å². The summed E-state index contributed by atoms with van der Waals surface area (Å²) in [5.74, 6) is -0.227. The van der Waals surface area contributed by atoms with E-state index in [1.54, 1.807) is 0 Å². The summed E-state index contributed by atoms with van der Waals surface area (Å²) in [6, 6.07) is 0. The highest BCUT2D eigenvalue weighted by molar-refractivity contribution is 4.72. The Morgan fingerprint density at radius 3 is 1.84 bits per heavy atom. The van der Waals surface area contributed by atoms with Crippen LogP contribution in [0.5, 0.6) is 0 Å². The quantitative estimate of drug-likeness (QED) is 0.465. The molecule has 1 heterocycles. The van der Waals surface area contributed by atoms with Crippen LogP contribution in [-0.2, 0) is 9.47 Å². The third-order valence-electron chi connectivity index (χ3n) is 4.06. The van der Waals surface area contributed by atoms with Gasteiger partial charge in [-0.25, -0.2) is 0 Å².